The number of hydrogen-bond donors (Lipinski definition) is 2. The Morgan fingerprint density at radius 2 is 2.50 bits per heavy atom. The van der Waals surface area contributed by atoms with E-state index < -0.39 is 5.97 Å². The van der Waals surface area contributed by atoms with Crippen molar-refractivity contribution in [1.82, 2.24) is 15.2 Å². The minimum atomic E-state index is -0.971. The van der Waals surface area contributed by atoms with Crippen molar-refractivity contribution < 1.29 is 9.90 Å². The first-order chi connectivity index (χ1) is 6.70. The Bertz CT molecular complexity index is 388. The molecule has 1 aromatic rings. The first-order valence-corrected chi connectivity index (χ1v) is 4.14. The van der Waals surface area contributed by atoms with E-state index in [9.17, 15) is 4.79 Å². The van der Waals surface area contributed by atoms with E-state index in [2.05, 4.69) is 10.5 Å². The number of aromatic carboxylic acids is 1. The molecule has 0 spiro atoms. The van der Waals surface area contributed by atoms with Crippen LogP contribution in [0.15, 0.2) is 18.5 Å². The number of anilines is 1. The Labute approximate surface area is 80.4 Å². The molecule has 1 aliphatic heterocycles. The van der Waals surface area contributed by atoms with Crippen LogP contribution in [0.25, 0.3) is 0 Å². The smallest absolute Gasteiger partial charge is 0.341 e. The fraction of sp³-hybridized carbons (Fsp3) is 0.250. The summed E-state index contributed by atoms with van der Waals surface area (Å²) in [4.78, 5) is 10.9. The zero-order chi connectivity index (χ0) is 10.1. The summed E-state index contributed by atoms with van der Waals surface area (Å²) in [5.74, 6) is -0.413. The molecule has 2 heterocycles. The molecular formula is C8H10N4O2. The summed E-state index contributed by atoms with van der Waals surface area (Å²) in [6.07, 6.45) is 5.01. The van der Waals surface area contributed by atoms with Gasteiger partial charge >= 0.3 is 5.97 Å². The van der Waals surface area contributed by atoms with E-state index in [1.807, 2.05) is 6.08 Å². The van der Waals surface area contributed by atoms with Gasteiger partial charge in [0.15, 0.2) is 5.82 Å². The number of nitrogens with zero attached hydrogens (tertiary/aromatic N) is 3. The lowest BCUT2D eigenvalue weighted by Gasteiger charge is -2.18. The van der Waals surface area contributed by atoms with Gasteiger partial charge in [-0.1, -0.05) is 0 Å². The third-order valence-corrected chi connectivity index (χ3v) is 2.03. The van der Waals surface area contributed by atoms with E-state index in [4.69, 9.17) is 5.11 Å². The molecule has 0 atom stereocenters. The highest BCUT2D eigenvalue weighted by Crippen LogP contribution is 2.19. The fourth-order valence-corrected chi connectivity index (χ4v) is 1.40. The van der Waals surface area contributed by atoms with Crippen LogP contribution in [0.3, 0.4) is 0 Å². The lowest BCUT2D eigenvalue weighted by Crippen LogP contribution is -2.32. The normalized spacial score (nSPS) is 14.5. The van der Waals surface area contributed by atoms with Gasteiger partial charge in [-0.05, 0) is 6.08 Å². The van der Waals surface area contributed by atoms with E-state index in [1.54, 1.807) is 18.3 Å². The van der Waals surface area contributed by atoms with Crippen LogP contribution in [0.4, 0.5) is 5.82 Å². The quantitative estimate of drug-likeness (QED) is 0.691. The number of aromatic nitrogens is 2. The second-order valence-electron chi connectivity index (χ2n) is 2.95. The van der Waals surface area contributed by atoms with Gasteiger partial charge in [0.2, 0.25) is 0 Å². The van der Waals surface area contributed by atoms with Crippen molar-refractivity contribution in [2.45, 2.75) is 0 Å². The Morgan fingerprint density at radius 1 is 1.71 bits per heavy atom. The van der Waals surface area contributed by atoms with Gasteiger partial charge in [0, 0.05) is 13.2 Å². The molecule has 2 N–H and O–H groups in total. The maximum absolute atomic E-state index is 10.9. The van der Waals surface area contributed by atoms with Crippen LogP contribution in [0, 0.1) is 0 Å². The van der Waals surface area contributed by atoms with Crippen molar-refractivity contribution in [2.75, 3.05) is 11.6 Å². The van der Waals surface area contributed by atoms with Crippen LogP contribution in [-0.2, 0) is 7.05 Å². The van der Waals surface area contributed by atoms with Gasteiger partial charge in [-0.3, -0.25) is 9.69 Å². The van der Waals surface area contributed by atoms with Crippen molar-refractivity contribution >= 4 is 11.8 Å². The lowest BCUT2D eigenvalue weighted by atomic mass is 10.3. The number of aryl methyl sites for hydroxylation is 1. The minimum Gasteiger partial charge on any atom is -0.477 e. The minimum absolute atomic E-state index is 0.198. The van der Waals surface area contributed by atoms with Crippen LogP contribution in [0.1, 0.15) is 10.4 Å². The highest BCUT2D eigenvalue weighted by atomic mass is 16.4. The predicted molar refractivity (Wildman–Crippen MR) is 49.8 cm³/mol. The molecule has 0 radical (unpaired) electrons. The zero-order valence-corrected chi connectivity index (χ0v) is 7.64. The molecule has 0 bridgehead atoms. The summed E-state index contributed by atoms with van der Waals surface area (Å²) < 4.78 is 1.53. The molecule has 14 heavy (non-hydrogen) atoms. The van der Waals surface area contributed by atoms with Crippen molar-refractivity contribution in [3.63, 3.8) is 0 Å². The van der Waals surface area contributed by atoms with Gasteiger partial charge < -0.3 is 10.5 Å². The van der Waals surface area contributed by atoms with Crippen molar-refractivity contribution in [3.8, 4) is 0 Å². The highest BCUT2D eigenvalue weighted by molar-refractivity contribution is 5.93. The topological polar surface area (TPSA) is 70.4 Å². The van der Waals surface area contributed by atoms with Crippen molar-refractivity contribution in [2.24, 2.45) is 7.05 Å². The summed E-state index contributed by atoms with van der Waals surface area (Å²) in [5, 5.41) is 14.5. The first kappa shape index (κ1) is 8.61. The summed E-state index contributed by atoms with van der Waals surface area (Å²) in [6.45, 7) is 0.639. The SMILES string of the molecule is Cn1ncc(C(=O)O)c1N1CC=CN1. The summed E-state index contributed by atoms with van der Waals surface area (Å²) in [5.41, 5.74) is 3.12. The van der Waals surface area contributed by atoms with E-state index in [0.29, 0.717) is 12.4 Å². The molecule has 1 aromatic heterocycles. The summed E-state index contributed by atoms with van der Waals surface area (Å²) in [7, 11) is 1.71. The summed E-state index contributed by atoms with van der Waals surface area (Å²) in [6, 6.07) is 0. The highest BCUT2D eigenvalue weighted by Gasteiger charge is 2.21. The van der Waals surface area contributed by atoms with E-state index in [0.717, 1.165) is 0 Å². The molecule has 6 nitrogen and oxygen atoms in total. The van der Waals surface area contributed by atoms with Gasteiger partial charge in [-0.15, -0.1) is 0 Å². The van der Waals surface area contributed by atoms with E-state index in [-0.39, 0.29) is 5.56 Å². The van der Waals surface area contributed by atoms with Gasteiger partial charge in [0.25, 0.3) is 0 Å². The van der Waals surface area contributed by atoms with Crippen LogP contribution in [0.2, 0.25) is 0 Å². The Balaban J connectivity index is 2.39. The molecule has 0 saturated carbocycles. The third-order valence-electron chi connectivity index (χ3n) is 2.03. The molecule has 0 saturated heterocycles. The number of carbonyl (C=O) groups is 1. The van der Waals surface area contributed by atoms with Crippen molar-refractivity contribution in [3.05, 3.63) is 24.0 Å². The molecule has 1 aliphatic rings. The van der Waals surface area contributed by atoms with Crippen LogP contribution < -0.4 is 10.4 Å². The summed E-state index contributed by atoms with van der Waals surface area (Å²) >= 11 is 0. The average Bonchev–Trinajstić information content (AvgIpc) is 2.71. The first-order valence-electron chi connectivity index (χ1n) is 4.14. The van der Waals surface area contributed by atoms with Crippen molar-refractivity contribution in [1.29, 1.82) is 0 Å². The van der Waals surface area contributed by atoms with Crippen LogP contribution in [0.5, 0.6) is 0 Å². The molecule has 0 fully saturated rings. The number of carboxylic acid groups (broad SMARTS) is 1. The molecule has 74 valence electrons. The molecular weight excluding hydrogens is 184 g/mol. The van der Waals surface area contributed by atoms with E-state index in [1.165, 1.54) is 10.9 Å². The monoisotopic (exact) mass is 194 g/mol. The number of nitrogens with one attached hydrogen (secondary N) is 1. The van der Waals surface area contributed by atoms with Gasteiger partial charge in [-0.25, -0.2) is 4.79 Å². The van der Waals surface area contributed by atoms with Gasteiger partial charge in [0.05, 0.1) is 12.7 Å². The molecule has 0 aliphatic carbocycles. The molecule has 2 rings (SSSR count). The number of hydrazine groups is 1. The number of hydrogen-bond acceptors (Lipinski definition) is 4. The molecule has 0 amide bonds. The average molecular weight is 194 g/mol. The maximum Gasteiger partial charge on any atom is 0.341 e. The molecule has 0 aromatic carbocycles. The Morgan fingerprint density at radius 3 is 3.07 bits per heavy atom. The second-order valence-corrected chi connectivity index (χ2v) is 2.95. The second kappa shape index (κ2) is 3.06. The van der Waals surface area contributed by atoms with Crippen LogP contribution >= 0.6 is 0 Å². The molecule has 0 unspecified atom stereocenters. The van der Waals surface area contributed by atoms with Gasteiger partial charge in [-0.2, -0.15) is 5.10 Å². The lowest BCUT2D eigenvalue weighted by molar-refractivity contribution is 0.0697. The largest absolute Gasteiger partial charge is 0.477 e. The van der Waals surface area contributed by atoms with Crippen LogP contribution in [-0.4, -0.2) is 27.4 Å². The Hall–Kier alpha value is -1.98. The van der Waals surface area contributed by atoms with E-state index >= 15 is 0 Å². The fourth-order valence-electron chi connectivity index (χ4n) is 1.40. The Kier molecular flexibility index (Phi) is 1.88. The third kappa shape index (κ3) is 1.20. The molecule has 6 heteroatoms. The maximum atomic E-state index is 10.9. The standard InChI is InChI=1S/C8H10N4O2/c1-11-7(12-4-2-3-9-12)6(5-10-11)8(13)14/h2-3,5,9H,4H2,1H3,(H,13,14). The predicted octanol–water partition coefficient (Wildman–Crippen LogP) is -0.0434. The number of carboxylic acids is 1. The van der Waals surface area contributed by atoms with Gasteiger partial charge in [0.1, 0.15) is 5.56 Å². The zero-order valence-electron chi connectivity index (χ0n) is 7.64. The number of rotatable bonds is 2.